The van der Waals surface area contributed by atoms with Gasteiger partial charge in [0.05, 0.1) is 5.92 Å². The van der Waals surface area contributed by atoms with E-state index in [0.29, 0.717) is 32.1 Å². The van der Waals surface area contributed by atoms with Crippen LogP contribution in [-0.4, -0.2) is 47.8 Å². The van der Waals surface area contributed by atoms with Crippen molar-refractivity contribution < 1.29 is 9.59 Å². The summed E-state index contributed by atoms with van der Waals surface area (Å²) >= 11 is 0. The molecule has 2 aromatic rings. The molecule has 1 saturated heterocycles. The van der Waals surface area contributed by atoms with Gasteiger partial charge in [0.2, 0.25) is 11.8 Å². The molecule has 0 spiro atoms. The van der Waals surface area contributed by atoms with Gasteiger partial charge in [0, 0.05) is 32.1 Å². The molecule has 0 aromatic heterocycles. The van der Waals surface area contributed by atoms with Gasteiger partial charge in [-0.1, -0.05) is 79.9 Å². The maximum absolute atomic E-state index is 13.5. The first-order valence-corrected chi connectivity index (χ1v) is 10.9. The van der Waals surface area contributed by atoms with E-state index in [2.05, 4.69) is 0 Å². The number of amides is 2. The fourth-order valence-corrected chi connectivity index (χ4v) is 4.71. The minimum Gasteiger partial charge on any atom is -0.339 e. The highest BCUT2D eigenvalue weighted by Crippen LogP contribution is 2.29. The van der Waals surface area contributed by atoms with Gasteiger partial charge in [-0.3, -0.25) is 9.59 Å². The van der Waals surface area contributed by atoms with Crippen LogP contribution in [0.15, 0.2) is 60.7 Å². The second-order valence-corrected chi connectivity index (χ2v) is 8.24. The molecule has 4 heteroatoms. The van der Waals surface area contributed by atoms with Crippen LogP contribution in [0.25, 0.3) is 0 Å². The van der Waals surface area contributed by atoms with Crippen molar-refractivity contribution >= 4 is 11.8 Å². The van der Waals surface area contributed by atoms with Crippen LogP contribution in [0.4, 0.5) is 0 Å². The van der Waals surface area contributed by atoms with Gasteiger partial charge in [0.1, 0.15) is 0 Å². The number of nitrogens with zero attached hydrogens (tertiary/aromatic N) is 2. The van der Waals surface area contributed by atoms with Crippen LogP contribution in [0.2, 0.25) is 0 Å². The lowest BCUT2D eigenvalue weighted by Gasteiger charge is -2.38. The maximum atomic E-state index is 13.5. The summed E-state index contributed by atoms with van der Waals surface area (Å²) in [6.07, 6.45) is 5.66. The zero-order valence-corrected chi connectivity index (χ0v) is 17.0. The molecular formula is C25H30N2O2. The summed E-state index contributed by atoms with van der Waals surface area (Å²) in [6.45, 7) is 2.54. The number of carbonyl (C=O) groups is 2. The van der Waals surface area contributed by atoms with E-state index in [1.807, 2.05) is 70.5 Å². The average molecular weight is 391 g/mol. The molecule has 2 amide bonds. The van der Waals surface area contributed by atoms with E-state index in [1.165, 1.54) is 19.3 Å². The van der Waals surface area contributed by atoms with Gasteiger partial charge in [-0.05, 0) is 24.0 Å². The largest absolute Gasteiger partial charge is 0.339 e. The molecule has 1 aliphatic carbocycles. The summed E-state index contributed by atoms with van der Waals surface area (Å²) in [5, 5.41) is 0. The molecule has 0 atom stereocenters. The highest BCUT2D eigenvalue weighted by Gasteiger charge is 2.33. The van der Waals surface area contributed by atoms with Crippen LogP contribution in [0, 0.1) is 5.92 Å². The highest BCUT2D eigenvalue weighted by atomic mass is 16.2. The van der Waals surface area contributed by atoms with Crippen molar-refractivity contribution in [3.8, 4) is 0 Å². The Labute approximate surface area is 173 Å². The third-order valence-electron chi connectivity index (χ3n) is 6.37. The van der Waals surface area contributed by atoms with Crippen molar-refractivity contribution in [3.05, 3.63) is 71.8 Å². The minimum atomic E-state index is -0.294. The van der Waals surface area contributed by atoms with Crippen LogP contribution >= 0.6 is 0 Å². The average Bonchev–Trinajstić information content (AvgIpc) is 2.81. The molecule has 4 nitrogen and oxygen atoms in total. The number of hydrogen-bond acceptors (Lipinski definition) is 2. The van der Waals surface area contributed by atoms with Crippen LogP contribution in [0.1, 0.15) is 49.1 Å². The van der Waals surface area contributed by atoms with Crippen LogP contribution in [0.5, 0.6) is 0 Å². The van der Waals surface area contributed by atoms with Crippen LogP contribution < -0.4 is 0 Å². The molecule has 2 aromatic carbocycles. The van der Waals surface area contributed by atoms with Crippen LogP contribution in [-0.2, 0) is 9.59 Å². The number of rotatable bonds is 4. The van der Waals surface area contributed by atoms with Crippen molar-refractivity contribution in [1.29, 1.82) is 0 Å². The molecule has 1 saturated carbocycles. The SMILES string of the molecule is O=C(C1CCCCC1)N1CCN(C(=O)C(c2ccccc2)c2ccccc2)CC1. The molecule has 4 rings (SSSR count). The van der Waals surface area contributed by atoms with E-state index in [4.69, 9.17) is 0 Å². The molecule has 0 bridgehead atoms. The van der Waals surface area contributed by atoms with E-state index < -0.39 is 0 Å². The van der Waals surface area contributed by atoms with E-state index >= 15 is 0 Å². The Morgan fingerprint density at radius 1 is 0.690 bits per heavy atom. The molecular weight excluding hydrogens is 360 g/mol. The molecule has 0 radical (unpaired) electrons. The van der Waals surface area contributed by atoms with Crippen molar-refractivity contribution in [1.82, 2.24) is 9.80 Å². The first-order valence-electron chi connectivity index (χ1n) is 10.9. The lowest BCUT2D eigenvalue weighted by Crippen LogP contribution is -2.53. The third-order valence-corrected chi connectivity index (χ3v) is 6.37. The molecule has 2 aliphatic rings. The molecule has 0 N–H and O–H groups in total. The van der Waals surface area contributed by atoms with Gasteiger partial charge in [-0.2, -0.15) is 0 Å². The first-order chi connectivity index (χ1) is 14.2. The quantitative estimate of drug-likeness (QED) is 0.790. The fraction of sp³-hybridized carbons (Fsp3) is 0.440. The Kier molecular flexibility index (Phi) is 6.28. The maximum Gasteiger partial charge on any atom is 0.234 e. The van der Waals surface area contributed by atoms with E-state index in [9.17, 15) is 9.59 Å². The fourth-order valence-electron chi connectivity index (χ4n) is 4.71. The number of hydrogen-bond donors (Lipinski definition) is 0. The lowest BCUT2D eigenvalue weighted by molar-refractivity contribution is -0.143. The van der Waals surface area contributed by atoms with Crippen molar-refractivity contribution in [3.63, 3.8) is 0 Å². The standard InChI is InChI=1S/C25H30N2O2/c28-24(22-14-8-3-9-15-22)26-16-18-27(19-17-26)25(29)23(20-10-4-1-5-11-20)21-12-6-2-7-13-21/h1-2,4-7,10-13,22-23H,3,8-9,14-19H2. The number of benzene rings is 2. The summed E-state index contributed by atoms with van der Waals surface area (Å²) in [7, 11) is 0. The summed E-state index contributed by atoms with van der Waals surface area (Å²) in [6, 6.07) is 20.0. The second-order valence-electron chi connectivity index (χ2n) is 8.24. The molecule has 2 fully saturated rings. The zero-order chi connectivity index (χ0) is 20.1. The molecule has 1 heterocycles. The predicted molar refractivity (Wildman–Crippen MR) is 114 cm³/mol. The van der Waals surface area contributed by atoms with Crippen molar-refractivity contribution in [2.75, 3.05) is 26.2 Å². The normalized spacial score (nSPS) is 18.1. The monoisotopic (exact) mass is 390 g/mol. The summed E-state index contributed by atoms with van der Waals surface area (Å²) in [5.41, 5.74) is 2.04. The predicted octanol–water partition coefficient (Wildman–Crippen LogP) is 4.07. The number of carbonyl (C=O) groups excluding carboxylic acids is 2. The smallest absolute Gasteiger partial charge is 0.234 e. The molecule has 0 unspecified atom stereocenters. The van der Waals surface area contributed by atoms with Crippen molar-refractivity contribution in [2.24, 2.45) is 5.92 Å². The first kappa shape index (κ1) is 19.7. The van der Waals surface area contributed by atoms with E-state index in [-0.39, 0.29) is 17.7 Å². The Morgan fingerprint density at radius 2 is 1.17 bits per heavy atom. The molecule has 1 aliphatic heterocycles. The molecule has 152 valence electrons. The number of piperazine rings is 1. The third kappa shape index (κ3) is 4.52. The Balaban J connectivity index is 1.45. The minimum absolute atomic E-state index is 0.132. The Hall–Kier alpha value is -2.62. The van der Waals surface area contributed by atoms with Gasteiger partial charge < -0.3 is 9.80 Å². The second kappa shape index (κ2) is 9.25. The highest BCUT2D eigenvalue weighted by molar-refractivity contribution is 5.87. The molecule has 29 heavy (non-hydrogen) atoms. The Morgan fingerprint density at radius 3 is 1.69 bits per heavy atom. The van der Waals surface area contributed by atoms with Gasteiger partial charge in [-0.25, -0.2) is 0 Å². The van der Waals surface area contributed by atoms with Gasteiger partial charge in [0.15, 0.2) is 0 Å². The summed E-state index contributed by atoms with van der Waals surface area (Å²) < 4.78 is 0. The Bertz CT molecular complexity index is 768. The van der Waals surface area contributed by atoms with Crippen molar-refractivity contribution in [2.45, 2.75) is 38.0 Å². The van der Waals surface area contributed by atoms with Crippen LogP contribution in [0.3, 0.4) is 0 Å². The summed E-state index contributed by atoms with van der Waals surface area (Å²) in [5.74, 6) is 0.344. The van der Waals surface area contributed by atoms with Gasteiger partial charge in [0.25, 0.3) is 0 Å². The zero-order valence-electron chi connectivity index (χ0n) is 17.0. The summed E-state index contributed by atoms with van der Waals surface area (Å²) in [4.78, 5) is 30.3. The van der Waals surface area contributed by atoms with E-state index in [0.717, 1.165) is 24.0 Å². The van der Waals surface area contributed by atoms with E-state index in [1.54, 1.807) is 0 Å². The van der Waals surface area contributed by atoms with Gasteiger partial charge >= 0.3 is 0 Å². The lowest BCUT2D eigenvalue weighted by atomic mass is 9.88. The topological polar surface area (TPSA) is 40.6 Å². The van der Waals surface area contributed by atoms with Gasteiger partial charge in [-0.15, -0.1) is 0 Å².